The maximum absolute atomic E-state index is 6.46. The van der Waals surface area contributed by atoms with Gasteiger partial charge in [0.2, 0.25) is 0 Å². The molecule has 1 aliphatic rings. The number of thiophene rings is 1. The maximum atomic E-state index is 6.46. The Morgan fingerprint density at radius 3 is 2.75 bits per heavy atom. The van der Waals surface area contributed by atoms with Gasteiger partial charge in [-0.2, -0.15) is 0 Å². The van der Waals surface area contributed by atoms with E-state index >= 15 is 0 Å². The van der Waals surface area contributed by atoms with Crippen molar-refractivity contribution in [1.29, 1.82) is 0 Å². The first-order valence-electron chi connectivity index (χ1n) is 8.11. The van der Waals surface area contributed by atoms with E-state index in [9.17, 15) is 0 Å². The maximum Gasteiger partial charge on any atom is 0.107 e. The Balaban J connectivity index is 2.04. The molecule has 1 heterocycles. The molecule has 2 rings (SSSR count). The average molecular weight is 295 g/mol. The van der Waals surface area contributed by atoms with Crippen molar-refractivity contribution in [2.24, 2.45) is 11.7 Å². The highest BCUT2D eigenvalue weighted by molar-refractivity contribution is 7.12. The van der Waals surface area contributed by atoms with Crippen LogP contribution in [0.1, 0.15) is 68.2 Å². The molecule has 1 aromatic rings. The van der Waals surface area contributed by atoms with E-state index in [2.05, 4.69) is 32.9 Å². The van der Waals surface area contributed by atoms with Gasteiger partial charge < -0.3 is 10.5 Å². The highest BCUT2D eigenvalue weighted by Crippen LogP contribution is 2.35. The van der Waals surface area contributed by atoms with E-state index in [4.69, 9.17) is 10.5 Å². The minimum atomic E-state index is 0.0827. The number of nitrogens with two attached hydrogens (primary N) is 1. The van der Waals surface area contributed by atoms with Gasteiger partial charge in [0.1, 0.15) is 6.10 Å². The zero-order valence-electron chi connectivity index (χ0n) is 13.1. The van der Waals surface area contributed by atoms with Crippen molar-refractivity contribution in [3.05, 3.63) is 21.9 Å². The molecule has 2 nitrogen and oxygen atoms in total. The minimum absolute atomic E-state index is 0.0827. The molecule has 0 amide bonds. The molecule has 1 saturated carbocycles. The van der Waals surface area contributed by atoms with Crippen molar-refractivity contribution in [2.75, 3.05) is 0 Å². The smallest absolute Gasteiger partial charge is 0.107 e. The lowest BCUT2D eigenvalue weighted by atomic mass is 9.85. The molecule has 4 atom stereocenters. The summed E-state index contributed by atoms with van der Waals surface area (Å²) in [5.74, 6) is 0.845. The van der Waals surface area contributed by atoms with Crippen LogP contribution < -0.4 is 5.73 Å². The largest absolute Gasteiger partial charge is 0.368 e. The Labute approximate surface area is 127 Å². The summed E-state index contributed by atoms with van der Waals surface area (Å²) in [6.07, 6.45) is 7.83. The van der Waals surface area contributed by atoms with Gasteiger partial charge in [0, 0.05) is 15.8 Å². The highest BCUT2D eigenvalue weighted by atomic mass is 32.1. The van der Waals surface area contributed by atoms with Gasteiger partial charge in [-0.1, -0.05) is 33.1 Å². The fraction of sp³-hybridized carbons (Fsp3) is 0.765. The summed E-state index contributed by atoms with van der Waals surface area (Å²) in [5.41, 5.74) is 6.32. The van der Waals surface area contributed by atoms with Gasteiger partial charge in [-0.25, -0.2) is 0 Å². The van der Waals surface area contributed by atoms with Crippen LogP contribution >= 0.6 is 11.3 Å². The summed E-state index contributed by atoms with van der Waals surface area (Å²) >= 11 is 1.83. The topological polar surface area (TPSA) is 35.2 Å². The molecule has 0 aromatic carbocycles. The Kier molecular flexibility index (Phi) is 6.06. The van der Waals surface area contributed by atoms with Crippen LogP contribution in [0, 0.1) is 12.8 Å². The molecular formula is C17H29NOS. The van der Waals surface area contributed by atoms with Crippen LogP contribution in [-0.4, -0.2) is 12.1 Å². The van der Waals surface area contributed by atoms with Crippen LogP contribution in [0.2, 0.25) is 0 Å². The summed E-state index contributed by atoms with van der Waals surface area (Å²) in [4.78, 5) is 2.64. The number of hydrogen-bond donors (Lipinski definition) is 1. The van der Waals surface area contributed by atoms with E-state index in [0.717, 1.165) is 12.3 Å². The van der Waals surface area contributed by atoms with Crippen molar-refractivity contribution in [2.45, 2.75) is 77.5 Å². The van der Waals surface area contributed by atoms with E-state index in [-0.39, 0.29) is 12.1 Å². The predicted octanol–water partition coefficient (Wildman–Crippen LogP) is 4.82. The standard InChI is InChI=1S/C17H29NOS/c1-4-13-7-6-8-14(11-13)19-17(15(18)5-2)16-10-9-12(3)20-16/h9-10,13-15,17H,4-8,11,18H2,1-3H3. The summed E-state index contributed by atoms with van der Waals surface area (Å²) in [7, 11) is 0. The molecule has 1 aromatic heterocycles. The molecule has 3 heteroatoms. The summed E-state index contributed by atoms with van der Waals surface area (Å²) in [5, 5.41) is 0. The molecular weight excluding hydrogens is 266 g/mol. The van der Waals surface area contributed by atoms with Crippen LogP contribution in [0.5, 0.6) is 0 Å². The zero-order valence-corrected chi connectivity index (χ0v) is 13.9. The van der Waals surface area contributed by atoms with Gasteiger partial charge in [-0.15, -0.1) is 11.3 Å². The second-order valence-electron chi connectivity index (χ2n) is 6.14. The van der Waals surface area contributed by atoms with E-state index in [0.29, 0.717) is 6.10 Å². The second kappa shape index (κ2) is 7.58. The number of hydrogen-bond acceptors (Lipinski definition) is 3. The van der Waals surface area contributed by atoms with Gasteiger partial charge >= 0.3 is 0 Å². The monoisotopic (exact) mass is 295 g/mol. The molecule has 2 N–H and O–H groups in total. The van der Waals surface area contributed by atoms with Crippen molar-refractivity contribution < 1.29 is 4.74 Å². The molecule has 0 saturated heterocycles. The summed E-state index contributed by atoms with van der Waals surface area (Å²) in [6, 6.07) is 4.48. The number of ether oxygens (including phenoxy) is 1. The van der Waals surface area contributed by atoms with Crippen molar-refractivity contribution in [3.8, 4) is 0 Å². The quantitative estimate of drug-likeness (QED) is 0.816. The Morgan fingerprint density at radius 2 is 2.15 bits per heavy atom. The van der Waals surface area contributed by atoms with Gasteiger partial charge in [-0.3, -0.25) is 0 Å². The lowest BCUT2D eigenvalue weighted by Crippen LogP contribution is -2.33. The Bertz CT molecular complexity index is 403. The van der Waals surface area contributed by atoms with Gasteiger partial charge in [0.05, 0.1) is 6.10 Å². The van der Waals surface area contributed by atoms with E-state index in [1.807, 2.05) is 11.3 Å². The third kappa shape index (κ3) is 4.06. The Morgan fingerprint density at radius 1 is 1.35 bits per heavy atom. The lowest BCUT2D eigenvalue weighted by Gasteiger charge is -2.33. The first-order valence-corrected chi connectivity index (χ1v) is 8.93. The fourth-order valence-electron chi connectivity index (χ4n) is 3.14. The van der Waals surface area contributed by atoms with E-state index in [1.54, 1.807) is 0 Å². The van der Waals surface area contributed by atoms with E-state index < -0.39 is 0 Å². The predicted molar refractivity (Wildman–Crippen MR) is 87.2 cm³/mol. The van der Waals surface area contributed by atoms with Gasteiger partial charge in [-0.05, 0) is 44.2 Å². The summed E-state index contributed by atoms with van der Waals surface area (Å²) in [6.45, 7) is 6.60. The van der Waals surface area contributed by atoms with E-state index in [1.165, 1.54) is 41.9 Å². The normalized spacial score (nSPS) is 26.4. The molecule has 0 radical (unpaired) electrons. The third-order valence-electron chi connectivity index (χ3n) is 4.55. The van der Waals surface area contributed by atoms with Crippen LogP contribution in [0.4, 0.5) is 0 Å². The number of rotatable bonds is 6. The van der Waals surface area contributed by atoms with Crippen molar-refractivity contribution in [3.63, 3.8) is 0 Å². The number of aryl methyl sites for hydroxylation is 1. The molecule has 20 heavy (non-hydrogen) atoms. The van der Waals surface area contributed by atoms with Crippen LogP contribution in [0.3, 0.4) is 0 Å². The Hall–Kier alpha value is -0.380. The fourth-order valence-corrected chi connectivity index (χ4v) is 4.13. The second-order valence-corrected chi connectivity index (χ2v) is 7.46. The van der Waals surface area contributed by atoms with Crippen LogP contribution in [-0.2, 0) is 4.74 Å². The molecule has 1 aliphatic carbocycles. The highest BCUT2D eigenvalue weighted by Gasteiger charge is 2.28. The zero-order chi connectivity index (χ0) is 14.5. The van der Waals surface area contributed by atoms with Crippen LogP contribution in [0.25, 0.3) is 0 Å². The molecule has 0 aliphatic heterocycles. The molecule has 0 bridgehead atoms. The lowest BCUT2D eigenvalue weighted by molar-refractivity contribution is -0.0520. The first kappa shape index (κ1) is 16.0. The van der Waals surface area contributed by atoms with Crippen molar-refractivity contribution >= 4 is 11.3 Å². The SMILES string of the molecule is CCC1CCCC(OC(c2ccc(C)s2)C(N)CC)C1. The third-order valence-corrected chi connectivity index (χ3v) is 5.62. The molecule has 114 valence electrons. The van der Waals surface area contributed by atoms with Gasteiger partial charge in [0.15, 0.2) is 0 Å². The molecule has 0 spiro atoms. The average Bonchev–Trinajstić information content (AvgIpc) is 2.90. The van der Waals surface area contributed by atoms with Crippen LogP contribution in [0.15, 0.2) is 12.1 Å². The molecule has 1 fully saturated rings. The van der Waals surface area contributed by atoms with Gasteiger partial charge in [0.25, 0.3) is 0 Å². The minimum Gasteiger partial charge on any atom is -0.368 e. The first-order chi connectivity index (χ1) is 9.63. The van der Waals surface area contributed by atoms with Crippen molar-refractivity contribution in [1.82, 2.24) is 0 Å². The summed E-state index contributed by atoms with van der Waals surface area (Å²) < 4.78 is 6.46. The molecule has 4 unspecified atom stereocenters.